The first-order chi connectivity index (χ1) is 14.9. The molecule has 2 rings (SSSR count). The molecule has 5 nitrogen and oxygen atoms in total. The normalized spacial score (nSPS) is 12.5. The molecule has 0 bridgehead atoms. The number of carbonyl (C=O) groups excluding carboxylic acids is 1. The van der Waals surface area contributed by atoms with E-state index < -0.39 is 15.9 Å². The summed E-state index contributed by atoms with van der Waals surface area (Å²) in [5, 5.41) is 9.75. The van der Waals surface area contributed by atoms with Gasteiger partial charge in [-0.05, 0) is 55.0 Å². The number of amides is 1. The maximum absolute atomic E-state index is 13.3. The number of sulfonamides is 1. The van der Waals surface area contributed by atoms with Gasteiger partial charge in [-0.25, -0.2) is 12.7 Å². The Bertz CT molecular complexity index is 901. The Morgan fingerprint density at radius 2 is 1.71 bits per heavy atom. The van der Waals surface area contributed by atoms with Gasteiger partial charge >= 0.3 is 0 Å². The predicted octanol–water partition coefficient (Wildman–Crippen LogP) is 5.07. The third-order valence-corrected chi connectivity index (χ3v) is 7.48. The average molecular weight is 466 g/mol. The van der Waals surface area contributed by atoms with Gasteiger partial charge in [0.2, 0.25) is 5.91 Å². The van der Waals surface area contributed by atoms with Crippen LogP contribution in [0.25, 0.3) is 0 Å². The molecule has 0 aliphatic carbocycles. The van der Waals surface area contributed by atoms with E-state index in [0.29, 0.717) is 24.3 Å². The molecule has 0 heterocycles. The maximum Gasteiger partial charge on any atom is 0.266 e. The van der Waals surface area contributed by atoms with Crippen LogP contribution >= 0.6 is 11.6 Å². The van der Waals surface area contributed by atoms with Crippen molar-refractivity contribution in [1.82, 2.24) is 4.31 Å². The van der Waals surface area contributed by atoms with E-state index in [2.05, 4.69) is 6.92 Å². The van der Waals surface area contributed by atoms with Crippen LogP contribution in [0.15, 0.2) is 59.5 Å². The van der Waals surface area contributed by atoms with E-state index in [0.717, 1.165) is 29.1 Å². The summed E-state index contributed by atoms with van der Waals surface area (Å²) < 4.78 is 27.5. The lowest BCUT2D eigenvalue weighted by Gasteiger charge is -2.24. The molecule has 2 aromatic carbocycles. The molecule has 0 spiro atoms. The zero-order chi connectivity index (χ0) is 22.7. The molecule has 0 aliphatic heterocycles. The van der Waals surface area contributed by atoms with Crippen LogP contribution in [-0.2, 0) is 21.2 Å². The van der Waals surface area contributed by atoms with Crippen LogP contribution in [0.2, 0.25) is 5.02 Å². The summed E-state index contributed by atoms with van der Waals surface area (Å²) >= 11 is 5.91. The van der Waals surface area contributed by atoms with Gasteiger partial charge in [-0.2, -0.15) is 0 Å². The van der Waals surface area contributed by atoms with Gasteiger partial charge in [0.15, 0.2) is 0 Å². The van der Waals surface area contributed by atoms with Crippen LogP contribution in [0, 0.1) is 5.92 Å². The average Bonchev–Trinajstić information content (AvgIpc) is 2.76. The van der Waals surface area contributed by atoms with Crippen molar-refractivity contribution in [1.29, 1.82) is 0 Å². The molecule has 0 aromatic heterocycles. The summed E-state index contributed by atoms with van der Waals surface area (Å²) in [6, 6.07) is 15.4. The molecular weight excluding hydrogens is 434 g/mol. The number of benzene rings is 2. The minimum absolute atomic E-state index is 0.0520. The first kappa shape index (κ1) is 25.4. The topological polar surface area (TPSA) is 74.7 Å². The smallest absolute Gasteiger partial charge is 0.266 e. The van der Waals surface area contributed by atoms with Crippen LogP contribution in [0.3, 0.4) is 0 Å². The quantitative estimate of drug-likeness (QED) is 0.448. The Balaban J connectivity index is 2.19. The molecule has 1 atom stereocenters. The fourth-order valence-corrected chi connectivity index (χ4v) is 5.10. The van der Waals surface area contributed by atoms with E-state index >= 15 is 0 Å². The van der Waals surface area contributed by atoms with E-state index in [1.54, 1.807) is 0 Å². The van der Waals surface area contributed by atoms with Crippen molar-refractivity contribution in [3.05, 3.63) is 65.2 Å². The van der Waals surface area contributed by atoms with Crippen LogP contribution < -0.4 is 0 Å². The van der Waals surface area contributed by atoms with Crippen LogP contribution in [0.4, 0.5) is 0 Å². The molecule has 1 N–H and O–H groups in total. The molecule has 0 fully saturated rings. The van der Waals surface area contributed by atoms with Gasteiger partial charge in [-0.1, -0.05) is 68.1 Å². The molecule has 0 saturated carbocycles. The Morgan fingerprint density at radius 1 is 1.03 bits per heavy atom. The molecular formula is C24H32ClNO4S. The SMILES string of the molecule is CCCCC(CCO)CCC(=O)N(CCc1ccccc1)S(=O)(=O)c1ccc(Cl)cc1. The molecule has 0 radical (unpaired) electrons. The Kier molecular flexibility index (Phi) is 10.5. The molecule has 31 heavy (non-hydrogen) atoms. The largest absolute Gasteiger partial charge is 0.396 e. The van der Waals surface area contributed by atoms with Crippen molar-refractivity contribution in [2.45, 2.75) is 56.8 Å². The summed E-state index contributed by atoms with van der Waals surface area (Å²) in [5.41, 5.74) is 0.965. The van der Waals surface area contributed by atoms with Crippen LogP contribution in [0.5, 0.6) is 0 Å². The number of hydrogen-bond acceptors (Lipinski definition) is 4. The molecule has 7 heteroatoms. The number of unbranched alkanes of at least 4 members (excludes halogenated alkanes) is 1. The summed E-state index contributed by atoms with van der Waals surface area (Å²) in [5.74, 6) is -0.201. The first-order valence-electron chi connectivity index (χ1n) is 10.8. The van der Waals surface area contributed by atoms with Crippen molar-refractivity contribution < 1.29 is 18.3 Å². The van der Waals surface area contributed by atoms with Gasteiger partial charge < -0.3 is 5.11 Å². The van der Waals surface area contributed by atoms with Gasteiger partial charge in [-0.3, -0.25) is 4.79 Å². The lowest BCUT2D eigenvalue weighted by atomic mass is 9.94. The number of carbonyl (C=O) groups is 1. The second-order valence-electron chi connectivity index (χ2n) is 7.72. The van der Waals surface area contributed by atoms with Crippen molar-refractivity contribution in [2.75, 3.05) is 13.2 Å². The fourth-order valence-electron chi connectivity index (χ4n) is 3.55. The van der Waals surface area contributed by atoms with E-state index in [1.807, 2.05) is 30.3 Å². The highest BCUT2D eigenvalue weighted by Gasteiger charge is 2.29. The van der Waals surface area contributed by atoms with Gasteiger partial charge in [0.1, 0.15) is 0 Å². The molecule has 2 aromatic rings. The summed E-state index contributed by atoms with van der Waals surface area (Å²) in [6.07, 6.45) is 4.77. The zero-order valence-electron chi connectivity index (χ0n) is 18.0. The van der Waals surface area contributed by atoms with E-state index in [-0.39, 0.29) is 30.4 Å². The maximum atomic E-state index is 13.3. The number of hydrogen-bond donors (Lipinski definition) is 1. The van der Waals surface area contributed by atoms with Gasteiger partial charge in [0.05, 0.1) is 4.90 Å². The summed E-state index contributed by atoms with van der Waals surface area (Å²) in [6.45, 7) is 2.25. The minimum atomic E-state index is -3.99. The van der Waals surface area contributed by atoms with Crippen molar-refractivity contribution in [3.8, 4) is 0 Å². The van der Waals surface area contributed by atoms with Gasteiger partial charge in [-0.15, -0.1) is 0 Å². The highest BCUT2D eigenvalue weighted by Crippen LogP contribution is 2.23. The molecule has 1 unspecified atom stereocenters. The Morgan fingerprint density at radius 3 is 2.32 bits per heavy atom. The number of halogens is 1. The van der Waals surface area contributed by atoms with Gasteiger partial charge in [0.25, 0.3) is 10.0 Å². The minimum Gasteiger partial charge on any atom is -0.396 e. The Hall–Kier alpha value is -1.89. The lowest BCUT2D eigenvalue weighted by Crippen LogP contribution is -2.38. The number of aliphatic hydroxyl groups excluding tert-OH is 1. The van der Waals surface area contributed by atoms with Crippen LogP contribution in [-0.4, -0.2) is 36.9 Å². The molecule has 0 aliphatic rings. The van der Waals surface area contributed by atoms with Crippen molar-refractivity contribution in [2.24, 2.45) is 5.92 Å². The van der Waals surface area contributed by atoms with Gasteiger partial charge in [0, 0.05) is 24.6 Å². The molecule has 170 valence electrons. The number of nitrogens with zero attached hydrogens (tertiary/aromatic N) is 1. The summed E-state index contributed by atoms with van der Waals surface area (Å²) in [7, 11) is -3.99. The second-order valence-corrected chi connectivity index (χ2v) is 10.0. The standard InChI is InChI=1S/C24H32ClNO4S/c1-2-3-7-21(17-19-27)10-15-24(28)26(18-16-20-8-5-4-6-9-20)31(29,30)23-13-11-22(25)12-14-23/h4-6,8-9,11-14,21,27H,2-3,7,10,15-19H2,1H3. The number of rotatable bonds is 13. The third kappa shape index (κ3) is 7.95. The summed E-state index contributed by atoms with van der Waals surface area (Å²) in [4.78, 5) is 13.1. The second kappa shape index (κ2) is 12.8. The highest BCUT2D eigenvalue weighted by molar-refractivity contribution is 7.89. The first-order valence-corrected chi connectivity index (χ1v) is 12.7. The van der Waals surface area contributed by atoms with Crippen LogP contribution in [0.1, 0.15) is 51.0 Å². The zero-order valence-corrected chi connectivity index (χ0v) is 19.6. The predicted molar refractivity (Wildman–Crippen MR) is 124 cm³/mol. The monoisotopic (exact) mass is 465 g/mol. The number of aliphatic hydroxyl groups is 1. The van der Waals surface area contributed by atoms with E-state index in [9.17, 15) is 18.3 Å². The van der Waals surface area contributed by atoms with E-state index in [4.69, 9.17) is 11.6 Å². The van der Waals surface area contributed by atoms with Crippen molar-refractivity contribution >= 4 is 27.5 Å². The lowest BCUT2D eigenvalue weighted by molar-refractivity contribution is -0.126. The van der Waals surface area contributed by atoms with Crippen molar-refractivity contribution in [3.63, 3.8) is 0 Å². The van der Waals surface area contributed by atoms with E-state index in [1.165, 1.54) is 24.3 Å². The fraction of sp³-hybridized carbons (Fsp3) is 0.458. The molecule has 1 amide bonds. The molecule has 0 saturated heterocycles. The Labute approximate surface area is 191 Å². The highest BCUT2D eigenvalue weighted by atomic mass is 35.5. The third-order valence-electron chi connectivity index (χ3n) is 5.40.